The molecular weight excluding hydrogens is 266 g/mol. The summed E-state index contributed by atoms with van der Waals surface area (Å²) in [7, 11) is -3.23. The fourth-order valence-corrected chi connectivity index (χ4v) is 2.95. The largest absolute Gasteiger partial charge is 0.387 e. The summed E-state index contributed by atoms with van der Waals surface area (Å²) in [4.78, 5) is 11.4. The molecule has 0 saturated carbocycles. The van der Waals surface area contributed by atoms with Gasteiger partial charge in [-0.1, -0.05) is 12.1 Å². The summed E-state index contributed by atoms with van der Waals surface area (Å²) in [6, 6.07) is 5.15. The molecule has 0 spiro atoms. The molecular formula is C13H17NO4S. The molecule has 0 aromatic heterocycles. The fraction of sp³-hybridized carbons (Fsp3) is 0.462. The molecule has 6 heteroatoms. The van der Waals surface area contributed by atoms with Gasteiger partial charge in [0.15, 0.2) is 0 Å². The van der Waals surface area contributed by atoms with E-state index in [1.807, 2.05) is 0 Å². The zero-order valence-corrected chi connectivity index (χ0v) is 11.5. The van der Waals surface area contributed by atoms with Crippen molar-refractivity contribution >= 4 is 21.4 Å². The number of carbonyl (C=O) groups is 1. The number of aliphatic hydroxyl groups is 1. The number of hydrogen-bond donors (Lipinski definition) is 2. The zero-order chi connectivity index (χ0) is 14.0. The van der Waals surface area contributed by atoms with Crippen LogP contribution in [0.3, 0.4) is 0 Å². The molecule has 2 N–H and O–H groups in total. The van der Waals surface area contributed by atoms with Gasteiger partial charge in [-0.2, -0.15) is 0 Å². The predicted molar refractivity (Wildman–Crippen MR) is 72.7 cm³/mol. The number of aliphatic hydroxyl groups excluding tert-OH is 1. The van der Waals surface area contributed by atoms with Crippen LogP contribution in [0.25, 0.3) is 0 Å². The highest BCUT2D eigenvalue weighted by atomic mass is 32.2. The Morgan fingerprint density at radius 1 is 1.37 bits per heavy atom. The Morgan fingerprint density at radius 3 is 2.79 bits per heavy atom. The van der Waals surface area contributed by atoms with Crippen molar-refractivity contribution in [1.29, 1.82) is 0 Å². The fourth-order valence-electron chi connectivity index (χ4n) is 2.18. The number of carbonyl (C=O) groups excluding carboxylic acids is 1. The Bertz CT molecular complexity index is 595. The highest BCUT2D eigenvalue weighted by molar-refractivity contribution is 7.90. The average Bonchev–Trinajstić information content (AvgIpc) is 2.46. The number of anilines is 1. The quantitative estimate of drug-likeness (QED) is 0.868. The maximum atomic E-state index is 11.4. The first kappa shape index (κ1) is 14.0. The van der Waals surface area contributed by atoms with Crippen molar-refractivity contribution in [2.24, 2.45) is 0 Å². The van der Waals surface area contributed by atoms with E-state index in [9.17, 15) is 18.3 Å². The van der Waals surface area contributed by atoms with Gasteiger partial charge in [-0.3, -0.25) is 4.79 Å². The molecule has 2 rings (SSSR count). The number of rotatable bonds is 3. The Hall–Kier alpha value is -1.40. The van der Waals surface area contributed by atoms with Gasteiger partial charge < -0.3 is 10.4 Å². The smallest absolute Gasteiger partial charge is 0.224 e. The van der Waals surface area contributed by atoms with Crippen LogP contribution in [0.2, 0.25) is 0 Å². The molecule has 1 aliphatic rings. The lowest BCUT2D eigenvalue weighted by Gasteiger charge is -2.13. The topological polar surface area (TPSA) is 83.5 Å². The van der Waals surface area contributed by atoms with Gasteiger partial charge in [0, 0.05) is 18.4 Å². The van der Waals surface area contributed by atoms with Crippen LogP contribution >= 0.6 is 0 Å². The van der Waals surface area contributed by atoms with Crippen LogP contribution in [0.5, 0.6) is 0 Å². The van der Waals surface area contributed by atoms with Gasteiger partial charge in [0.05, 0.1) is 11.9 Å². The molecule has 1 amide bonds. The second kappa shape index (κ2) is 5.30. The summed E-state index contributed by atoms with van der Waals surface area (Å²) in [6.07, 6.45) is 2.05. The maximum absolute atomic E-state index is 11.4. The van der Waals surface area contributed by atoms with Gasteiger partial charge in [-0.05, 0) is 30.0 Å². The van der Waals surface area contributed by atoms with Gasteiger partial charge in [0.25, 0.3) is 0 Å². The maximum Gasteiger partial charge on any atom is 0.224 e. The minimum atomic E-state index is -3.23. The van der Waals surface area contributed by atoms with Gasteiger partial charge in [0.2, 0.25) is 5.91 Å². The van der Waals surface area contributed by atoms with Crippen molar-refractivity contribution in [2.45, 2.75) is 25.4 Å². The molecule has 1 aromatic rings. The molecule has 0 radical (unpaired) electrons. The molecule has 1 heterocycles. The van der Waals surface area contributed by atoms with Crippen LogP contribution in [0, 0.1) is 0 Å². The van der Waals surface area contributed by atoms with E-state index in [-0.39, 0.29) is 11.7 Å². The Morgan fingerprint density at radius 2 is 2.11 bits per heavy atom. The molecule has 1 unspecified atom stereocenters. The number of nitrogens with one attached hydrogen (secondary N) is 1. The van der Waals surface area contributed by atoms with Crippen LogP contribution in [-0.2, 0) is 21.1 Å². The number of hydrogen-bond acceptors (Lipinski definition) is 4. The first-order valence-corrected chi connectivity index (χ1v) is 8.20. The third-order valence-electron chi connectivity index (χ3n) is 3.10. The highest BCUT2D eigenvalue weighted by Gasteiger charge is 2.18. The van der Waals surface area contributed by atoms with Crippen LogP contribution in [0.1, 0.15) is 30.1 Å². The summed E-state index contributed by atoms with van der Waals surface area (Å²) in [5, 5.41) is 12.7. The summed E-state index contributed by atoms with van der Waals surface area (Å²) in [6.45, 7) is 0. The molecule has 1 aliphatic heterocycles. The second-order valence-electron chi connectivity index (χ2n) is 4.93. The number of benzene rings is 1. The number of amides is 1. The van der Waals surface area contributed by atoms with E-state index in [0.29, 0.717) is 12.0 Å². The molecule has 19 heavy (non-hydrogen) atoms. The Balaban J connectivity index is 2.25. The van der Waals surface area contributed by atoms with Crippen molar-refractivity contribution < 1.29 is 18.3 Å². The van der Waals surface area contributed by atoms with Crippen LogP contribution in [0.4, 0.5) is 5.69 Å². The van der Waals surface area contributed by atoms with Crippen molar-refractivity contribution in [2.75, 3.05) is 17.3 Å². The number of sulfone groups is 1. The van der Waals surface area contributed by atoms with Gasteiger partial charge >= 0.3 is 0 Å². The first-order chi connectivity index (χ1) is 8.85. The molecule has 5 nitrogen and oxygen atoms in total. The number of aryl methyl sites for hydroxylation is 1. The predicted octanol–water partition coefficient (Wildman–Crippen LogP) is 1.04. The first-order valence-electron chi connectivity index (χ1n) is 6.13. The standard InChI is InChI=1S/C13H17NO4S/c1-19(17,18)8-12(15)10-5-6-11-9(7-10)3-2-4-13(16)14-11/h5-7,12,15H,2-4,8H2,1H3,(H,14,16). The Labute approximate surface area is 112 Å². The van der Waals surface area contributed by atoms with E-state index in [4.69, 9.17) is 0 Å². The molecule has 1 aromatic carbocycles. The van der Waals surface area contributed by atoms with Gasteiger partial charge in [-0.15, -0.1) is 0 Å². The molecule has 0 fully saturated rings. The monoisotopic (exact) mass is 283 g/mol. The zero-order valence-electron chi connectivity index (χ0n) is 10.7. The summed E-state index contributed by atoms with van der Waals surface area (Å²) in [5.74, 6) is -0.304. The summed E-state index contributed by atoms with van der Waals surface area (Å²) >= 11 is 0. The van der Waals surface area contributed by atoms with E-state index >= 15 is 0 Å². The third kappa shape index (κ3) is 3.78. The lowest BCUT2D eigenvalue weighted by atomic mass is 10.0. The van der Waals surface area contributed by atoms with E-state index in [2.05, 4.69) is 5.32 Å². The van der Waals surface area contributed by atoms with Crippen LogP contribution < -0.4 is 5.32 Å². The molecule has 0 bridgehead atoms. The average molecular weight is 283 g/mol. The van der Waals surface area contributed by atoms with E-state index < -0.39 is 15.9 Å². The minimum absolute atomic E-state index is 0.0109. The van der Waals surface area contributed by atoms with Crippen LogP contribution in [-0.4, -0.2) is 31.4 Å². The lowest BCUT2D eigenvalue weighted by molar-refractivity contribution is -0.116. The minimum Gasteiger partial charge on any atom is -0.387 e. The van der Waals surface area contributed by atoms with E-state index in [1.165, 1.54) is 0 Å². The van der Waals surface area contributed by atoms with Crippen LogP contribution in [0.15, 0.2) is 18.2 Å². The molecule has 1 atom stereocenters. The van der Waals surface area contributed by atoms with E-state index in [1.54, 1.807) is 18.2 Å². The third-order valence-corrected chi connectivity index (χ3v) is 4.02. The van der Waals surface area contributed by atoms with Gasteiger partial charge in [0.1, 0.15) is 9.84 Å². The van der Waals surface area contributed by atoms with Crippen molar-refractivity contribution in [3.63, 3.8) is 0 Å². The highest BCUT2D eigenvalue weighted by Crippen LogP contribution is 2.26. The molecule has 104 valence electrons. The molecule has 0 aliphatic carbocycles. The van der Waals surface area contributed by atoms with Gasteiger partial charge in [-0.25, -0.2) is 8.42 Å². The normalized spacial score (nSPS) is 17.3. The van der Waals surface area contributed by atoms with E-state index in [0.717, 1.165) is 30.3 Å². The molecule has 0 saturated heterocycles. The van der Waals surface area contributed by atoms with Crippen molar-refractivity contribution in [1.82, 2.24) is 0 Å². The Kier molecular flexibility index (Phi) is 3.91. The summed E-state index contributed by atoms with van der Waals surface area (Å²) < 4.78 is 22.4. The summed E-state index contributed by atoms with van der Waals surface area (Å²) in [5.41, 5.74) is 2.26. The van der Waals surface area contributed by atoms with Crippen molar-refractivity contribution in [3.05, 3.63) is 29.3 Å². The number of fused-ring (bicyclic) bond motifs is 1. The lowest BCUT2D eigenvalue weighted by Crippen LogP contribution is -2.13. The SMILES string of the molecule is CS(=O)(=O)CC(O)c1ccc2c(c1)CCCC(=O)N2. The second-order valence-corrected chi connectivity index (χ2v) is 7.11. The van der Waals surface area contributed by atoms with Crippen molar-refractivity contribution in [3.8, 4) is 0 Å².